The number of nitrogens with two attached hydrogens (primary N) is 1. The Labute approximate surface area is 119 Å². The highest BCUT2D eigenvalue weighted by atomic mass is 16.5. The van der Waals surface area contributed by atoms with Gasteiger partial charge in [-0.2, -0.15) is 0 Å². The molecule has 5 nitrogen and oxygen atoms in total. The topological polar surface area (TPSA) is 73.1 Å². The summed E-state index contributed by atoms with van der Waals surface area (Å²) in [5, 5.41) is 3.26. The number of rotatable bonds is 6. The largest absolute Gasteiger partial charge is 0.475 e. The van der Waals surface area contributed by atoms with E-state index in [1.165, 1.54) is 11.9 Å². The van der Waals surface area contributed by atoms with E-state index in [2.05, 4.69) is 15.3 Å². The van der Waals surface area contributed by atoms with Crippen molar-refractivity contribution >= 4 is 11.5 Å². The molecule has 106 valence electrons. The molecule has 0 fully saturated rings. The van der Waals surface area contributed by atoms with Crippen molar-refractivity contribution in [3.63, 3.8) is 0 Å². The lowest BCUT2D eigenvalue weighted by atomic mass is 10.1. The molecule has 0 saturated carbocycles. The van der Waals surface area contributed by atoms with Crippen molar-refractivity contribution in [1.82, 2.24) is 9.97 Å². The van der Waals surface area contributed by atoms with Gasteiger partial charge in [-0.15, -0.1) is 0 Å². The minimum absolute atomic E-state index is 0.104. The van der Waals surface area contributed by atoms with Gasteiger partial charge in [-0.3, -0.25) is 0 Å². The van der Waals surface area contributed by atoms with Crippen molar-refractivity contribution in [3.8, 4) is 5.88 Å². The lowest BCUT2D eigenvalue weighted by Crippen LogP contribution is -2.09. The molecule has 1 heterocycles. The summed E-state index contributed by atoms with van der Waals surface area (Å²) in [4.78, 5) is 8.24. The Hall–Kier alpha value is -2.30. The van der Waals surface area contributed by atoms with Crippen LogP contribution in [0.2, 0.25) is 0 Å². The molecule has 0 aliphatic carbocycles. The summed E-state index contributed by atoms with van der Waals surface area (Å²) in [5.41, 5.74) is 7.68. The fourth-order valence-electron chi connectivity index (χ4n) is 1.76. The lowest BCUT2D eigenvalue weighted by Gasteiger charge is -2.10. The number of hydrogen-bond acceptors (Lipinski definition) is 5. The zero-order valence-electron chi connectivity index (χ0n) is 11.8. The molecule has 0 unspecified atom stereocenters. The second-order valence-electron chi connectivity index (χ2n) is 4.83. The van der Waals surface area contributed by atoms with Crippen LogP contribution < -0.4 is 15.8 Å². The molecule has 0 spiro atoms. The average Bonchev–Trinajstić information content (AvgIpc) is 2.41. The lowest BCUT2D eigenvalue weighted by molar-refractivity contribution is 0.232. The van der Waals surface area contributed by atoms with Gasteiger partial charge in [0.2, 0.25) is 5.88 Å². The van der Waals surface area contributed by atoms with Gasteiger partial charge in [0.05, 0.1) is 6.10 Å². The van der Waals surface area contributed by atoms with Gasteiger partial charge in [-0.25, -0.2) is 9.97 Å². The summed E-state index contributed by atoms with van der Waals surface area (Å²) in [6.45, 7) is 4.73. The smallest absolute Gasteiger partial charge is 0.218 e. The van der Waals surface area contributed by atoms with Gasteiger partial charge in [0.1, 0.15) is 12.1 Å². The van der Waals surface area contributed by atoms with Crippen molar-refractivity contribution in [2.45, 2.75) is 26.4 Å². The maximum Gasteiger partial charge on any atom is 0.218 e. The third kappa shape index (κ3) is 4.42. The first-order chi connectivity index (χ1) is 9.63. The van der Waals surface area contributed by atoms with Crippen LogP contribution in [0.5, 0.6) is 5.88 Å². The first-order valence-corrected chi connectivity index (χ1v) is 6.70. The van der Waals surface area contributed by atoms with E-state index in [-0.39, 0.29) is 6.10 Å². The van der Waals surface area contributed by atoms with E-state index >= 15 is 0 Å². The molecule has 0 radical (unpaired) electrons. The van der Waals surface area contributed by atoms with E-state index in [9.17, 15) is 0 Å². The molecule has 1 aromatic carbocycles. The third-order valence-corrected chi connectivity index (χ3v) is 2.70. The minimum Gasteiger partial charge on any atom is -0.475 e. The SMILES string of the molecule is CC(C)Oc1cc(NCCc2ccc(N)cc2)ncn1. The Kier molecular flexibility index (Phi) is 4.76. The zero-order chi connectivity index (χ0) is 14.4. The van der Waals surface area contributed by atoms with E-state index in [0.717, 1.165) is 24.5 Å². The standard InChI is InChI=1S/C15H20N4O/c1-11(2)20-15-9-14(18-10-19-15)17-8-7-12-3-5-13(16)6-4-12/h3-6,9-11H,7-8,16H2,1-2H3,(H,17,18,19). The summed E-state index contributed by atoms with van der Waals surface area (Å²) in [5.74, 6) is 1.36. The molecule has 0 amide bonds. The molecule has 0 aliphatic rings. The van der Waals surface area contributed by atoms with Crippen LogP contribution in [-0.4, -0.2) is 22.6 Å². The summed E-state index contributed by atoms with van der Waals surface area (Å²) >= 11 is 0. The first-order valence-electron chi connectivity index (χ1n) is 6.70. The number of nitrogens with one attached hydrogen (secondary N) is 1. The van der Waals surface area contributed by atoms with Gasteiger partial charge in [-0.1, -0.05) is 12.1 Å². The quantitative estimate of drug-likeness (QED) is 0.790. The van der Waals surface area contributed by atoms with Crippen LogP contribution in [0.4, 0.5) is 11.5 Å². The fraction of sp³-hybridized carbons (Fsp3) is 0.333. The van der Waals surface area contributed by atoms with E-state index in [1.807, 2.05) is 44.2 Å². The van der Waals surface area contributed by atoms with Crippen molar-refractivity contribution < 1.29 is 4.74 Å². The molecular weight excluding hydrogens is 252 g/mol. The van der Waals surface area contributed by atoms with Gasteiger partial charge in [0.15, 0.2) is 0 Å². The van der Waals surface area contributed by atoms with E-state index in [1.54, 1.807) is 0 Å². The molecule has 0 atom stereocenters. The number of nitrogen functional groups attached to an aromatic ring is 1. The van der Waals surface area contributed by atoms with Crippen LogP contribution in [0.25, 0.3) is 0 Å². The molecule has 3 N–H and O–H groups in total. The Morgan fingerprint density at radius 3 is 2.65 bits per heavy atom. The van der Waals surface area contributed by atoms with Gasteiger partial charge in [0, 0.05) is 18.3 Å². The molecule has 2 aromatic rings. The molecule has 0 bridgehead atoms. The summed E-state index contributed by atoms with van der Waals surface area (Å²) in [6.07, 6.45) is 2.51. The van der Waals surface area contributed by atoms with Gasteiger partial charge >= 0.3 is 0 Å². The van der Waals surface area contributed by atoms with Gasteiger partial charge < -0.3 is 15.8 Å². The highest BCUT2D eigenvalue weighted by Gasteiger charge is 2.01. The zero-order valence-corrected chi connectivity index (χ0v) is 11.8. The van der Waals surface area contributed by atoms with Crippen molar-refractivity contribution in [2.24, 2.45) is 0 Å². The van der Waals surface area contributed by atoms with Gasteiger partial charge in [-0.05, 0) is 38.0 Å². The summed E-state index contributed by atoms with van der Waals surface area (Å²) in [7, 11) is 0. The summed E-state index contributed by atoms with van der Waals surface area (Å²) in [6, 6.07) is 9.70. The number of nitrogens with zero attached hydrogens (tertiary/aromatic N) is 2. The monoisotopic (exact) mass is 272 g/mol. The van der Waals surface area contributed by atoms with Crippen LogP contribution in [0, 0.1) is 0 Å². The molecule has 5 heteroatoms. The van der Waals surface area contributed by atoms with Crippen LogP contribution in [-0.2, 0) is 6.42 Å². The first kappa shape index (κ1) is 14.1. The van der Waals surface area contributed by atoms with E-state index in [4.69, 9.17) is 10.5 Å². The van der Waals surface area contributed by atoms with E-state index in [0.29, 0.717) is 5.88 Å². The van der Waals surface area contributed by atoms with Crippen LogP contribution in [0.1, 0.15) is 19.4 Å². The highest BCUT2D eigenvalue weighted by Crippen LogP contribution is 2.13. The number of ether oxygens (including phenoxy) is 1. The Balaban J connectivity index is 1.86. The molecule has 1 aromatic heterocycles. The Morgan fingerprint density at radius 2 is 1.95 bits per heavy atom. The normalized spacial score (nSPS) is 10.6. The average molecular weight is 272 g/mol. The third-order valence-electron chi connectivity index (χ3n) is 2.70. The maximum absolute atomic E-state index is 5.66. The summed E-state index contributed by atoms with van der Waals surface area (Å²) < 4.78 is 5.53. The van der Waals surface area contributed by atoms with Crippen LogP contribution >= 0.6 is 0 Å². The van der Waals surface area contributed by atoms with Crippen molar-refractivity contribution in [2.75, 3.05) is 17.6 Å². The molecular formula is C15H20N4O. The minimum atomic E-state index is 0.104. The Bertz CT molecular complexity index is 540. The van der Waals surface area contributed by atoms with Crippen molar-refractivity contribution in [3.05, 3.63) is 42.2 Å². The van der Waals surface area contributed by atoms with Gasteiger partial charge in [0.25, 0.3) is 0 Å². The number of aromatic nitrogens is 2. The Morgan fingerprint density at radius 1 is 1.20 bits per heavy atom. The predicted molar refractivity (Wildman–Crippen MR) is 80.8 cm³/mol. The molecule has 0 saturated heterocycles. The molecule has 20 heavy (non-hydrogen) atoms. The molecule has 2 rings (SSSR count). The van der Waals surface area contributed by atoms with Crippen LogP contribution in [0.3, 0.4) is 0 Å². The van der Waals surface area contributed by atoms with Crippen molar-refractivity contribution in [1.29, 1.82) is 0 Å². The number of benzene rings is 1. The maximum atomic E-state index is 5.66. The number of hydrogen-bond donors (Lipinski definition) is 2. The molecule has 0 aliphatic heterocycles. The van der Waals surface area contributed by atoms with Crippen LogP contribution in [0.15, 0.2) is 36.7 Å². The number of anilines is 2. The second-order valence-corrected chi connectivity index (χ2v) is 4.83. The second kappa shape index (κ2) is 6.75. The van der Waals surface area contributed by atoms with E-state index < -0.39 is 0 Å². The fourth-order valence-corrected chi connectivity index (χ4v) is 1.76. The highest BCUT2D eigenvalue weighted by molar-refractivity contribution is 5.40. The predicted octanol–water partition coefficient (Wildman–Crippen LogP) is 2.50.